The average Bonchev–Trinajstić information content (AvgIpc) is 2.55. The van der Waals surface area contributed by atoms with Crippen LogP contribution >= 0.6 is 11.6 Å². The summed E-state index contributed by atoms with van der Waals surface area (Å²) in [7, 11) is -2.07. The number of carbonyl (C=O) groups is 1. The highest BCUT2D eigenvalue weighted by molar-refractivity contribution is 7.89. The van der Waals surface area contributed by atoms with Crippen LogP contribution in [-0.4, -0.2) is 32.2 Å². The quantitative estimate of drug-likeness (QED) is 0.796. The smallest absolute Gasteiger partial charge is 0.242 e. The summed E-state index contributed by atoms with van der Waals surface area (Å²) in [6.07, 6.45) is 0.676. The third-order valence-electron chi connectivity index (χ3n) is 3.70. The first-order chi connectivity index (χ1) is 11.8. The molecular weight excluding hydrogens is 360 g/mol. The first-order valence-electron chi connectivity index (χ1n) is 7.87. The molecule has 134 valence electrons. The number of hydrogen-bond donors (Lipinski definition) is 1. The van der Waals surface area contributed by atoms with Crippen LogP contribution in [0.5, 0.6) is 0 Å². The second-order valence-electron chi connectivity index (χ2n) is 5.80. The van der Waals surface area contributed by atoms with E-state index in [2.05, 4.69) is 5.32 Å². The van der Waals surface area contributed by atoms with Gasteiger partial charge in [-0.3, -0.25) is 4.79 Å². The van der Waals surface area contributed by atoms with E-state index in [4.69, 9.17) is 11.6 Å². The molecule has 25 heavy (non-hydrogen) atoms. The molecule has 2 rings (SSSR count). The minimum Gasteiger partial charge on any atom is -0.326 e. The molecule has 1 amide bonds. The molecule has 0 bridgehead atoms. The van der Waals surface area contributed by atoms with E-state index in [9.17, 15) is 13.2 Å². The van der Waals surface area contributed by atoms with Crippen molar-refractivity contribution in [2.75, 3.05) is 18.9 Å². The maximum atomic E-state index is 12.4. The SMILES string of the molecule is Cc1cccc(NC(=O)CCCN(C)S(=O)(=O)c2ccc(Cl)cc2)c1. The number of amides is 1. The van der Waals surface area contributed by atoms with Crippen molar-refractivity contribution in [2.24, 2.45) is 0 Å². The Labute approximate surface area is 153 Å². The van der Waals surface area contributed by atoms with Gasteiger partial charge in [-0.05, 0) is 55.3 Å². The van der Waals surface area contributed by atoms with E-state index in [1.165, 1.54) is 35.6 Å². The van der Waals surface area contributed by atoms with Gasteiger partial charge in [0.05, 0.1) is 4.90 Å². The Balaban J connectivity index is 1.86. The van der Waals surface area contributed by atoms with Crippen molar-refractivity contribution in [1.82, 2.24) is 4.31 Å². The van der Waals surface area contributed by atoms with Gasteiger partial charge >= 0.3 is 0 Å². The van der Waals surface area contributed by atoms with Crippen molar-refractivity contribution in [3.8, 4) is 0 Å². The molecule has 0 radical (unpaired) electrons. The Morgan fingerprint density at radius 3 is 2.48 bits per heavy atom. The Morgan fingerprint density at radius 1 is 1.16 bits per heavy atom. The summed E-state index contributed by atoms with van der Waals surface area (Å²) < 4.78 is 26.1. The number of benzene rings is 2. The van der Waals surface area contributed by atoms with Gasteiger partial charge in [-0.15, -0.1) is 0 Å². The Bertz CT molecular complexity index is 836. The number of aryl methyl sites for hydroxylation is 1. The topological polar surface area (TPSA) is 66.5 Å². The molecule has 0 atom stereocenters. The van der Waals surface area contributed by atoms with Crippen LogP contribution in [0.2, 0.25) is 5.02 Å². The third kappa shape index (κ3) is 5.56. The van der Waals surface area contributed by atoms with Crippen molar-refractivity contribution < 1.29 is 13.2 Å². The predicted octanol–water partition coefficient (Wildman–Crippen LogP) is 3.69. The summed E-state index contributed by atoms with van der Waals surface area (Å²) >= 11 is 5.78. The van der Waals surface area contributed by atoms with Crippen LogP contribution < -0.4 is 5.32 Å². The highest BCUT2D eigenvalue weighted by Crippen LogP contribution is 2.18. The average molecular weight is 381 g/mol. The summed E-state index contributed by atoms with van der Waals surface area (Å²) in [6.45, 7) is 2.21. The molecular formula is C18H21ClN2O3S. The zero-order valence-electron chi connectivity index (χ0n) is 14.2. The van der Waals surface area contributed by atoms with Crippen LogP contribution in [0.1, 0.15) is 18.4 Å². The lowest BCUT2D eigenvalue weighted by molar-refractivity contribution is -0.116. The first-order valence-corrected chi connectivity index (χ1v) is 9.69. The van der Waals surface area contributed by atoms with E-state index >= 15 is 0 Å². The van der Waals surface area contributed by atoms with Gasteiger partial charge in [0.2, 0.25) is 15.9 Å². The number of nitrogens with zero attached hydrogens (tertiary/aromatic N) is 1. The monoisotopic (exact) mass is 380 g/mol. The zero-order valence-corrected chi connectivity index (χ0v) is 15.8. The fourth-order valence-electron chi connectivity index (χ4n) is 2.32. The Morgan fingerprint density at radius 2 is 1.84 bits per heavy atom. The fraction of sp³-hybridized carbons (Fsp3) is 0.278. The van der Waals surface area contributed by atoms with Gasteiger partial charge in [0.1, 0.15) is 0 Å². The number of hydrogen-bond acceptors (Lipinski definition) is 3. The lowest BCUT2D eigenvalue weighted by Crippen LogP contribution is -2.28. The first kappa shape index (κ1) is 19.4. The molecule has 0 heterocycles. The molecule has 0 unspecified atom stereocenters. The maximum Gasteiger partial charge on any atom is 0.242 e. The fourth-order valence-corrected chi connectivity index (χ4v) is 3.65. The lowest BCUT2D eigenvalue weighted by atomic mass is 10.2. The van der Waals surface area contributed by atoms with Gasteiger partial charge in [-0.25, -0.2) is 12.7 Å². The van der Waals surface area contributed by atoms with E-state index in [1.54, 1.807) is 0 Å². The summed E-state index contributed by atoms with van der Waals surface area (Å²) in [5.41, 5.74) is 1.80. The van der Waals surface area contributed by atoms with E-state index in [-0.39, 0.29) is 23.8 Å². The number of nitrogens with one attached hydrogen (secondary N) is 1. The highest BCUT2D eigenvalue weighted by Gasteiger charge is 2.20. The molecule has 1 N–H and O–H groups in total. The van der Waals surface area contributed by atoms with E-state index < -0.39 is 10.0 Å². The molecule has 0 aromatic heterocycles. The number of halogens is 1. The molecule has 2 aromatic carbocycles. The second-order valence-corrected chi connectivity index (χ2v) is 8.28. The summed E-state index contributed by atoms with van der Waals surface area (Å²) in [6, 6.07) is 13.5. The summed E-state index contributed by atoms with van der Waals surface area (Å²) in [5, 5.41) is 3.29. The van der Waals surface area contributed by atoms with Crippen molar-refractivity contribution in [2.45, 2.75) is 24.7 Å². The standard InChI is InChI=1S/C18H21ClN2O3S/c1-14-5-3-6-16(13-14)20-18(22)7-4-12-21(2)25(23,24)17-10-8-15(19)9-11-17/h3,5-6,8-11,13H,4,7,12H2,1-2H3,(H,20,22). The largest absolute Gasteiger partial charge is 0.326 e. The molecule has 0 fully saturated rings. The molecule has 0 aliphatic heterocycles. The Kier molecular flexibility index (Phi) is 6.58. The van der Waals surface area contributed by atoms with Gasteiger partial charge in [0.25, 0.3) is 0 Å². The van der Waals surface area contributed by atoms with Gasteiger partial charge in [0, 0.05) is 30.7 Å². The van der Waals surface area contributed by atoms with Crippen LogP contribution in [0, 0.1) is 6.92 Å². The summed E-state index contributed by atoms with van der Waals surface area (Å²) in [4.78, 5) is 12.2. The molecule has 2 aromatic rings. The van der Waals surface area contributed by atoms with Gasteiger partial charge in [0.15, 0.2) is 0 Å². The molecule has 0 saturated heterocycles. The van der Waals surface area contributed by atoms with Gasteiger partial charge in [-0.1, -0.05) is 23.7 Å². The lowest BCUT2D eigenvalue weighted by Gasteiger charge is -2.17. The van der Waals surface area contributed by atoms with Gasteiger partial charge < -0.3 is 5.32 Å². The molecule has 5 nitrogen and oxygen atoms in total. The highest BCUT2D eigenvalue weighted by atomic mass is 35.5. The van der Waals surface area contributed by atoms with Crippen molar-refractivity contribution in [1.29, 1.82) is 0 Å². The van der Waals surface area contributed by atoms with Crippen molar-refractivity contribution in [3.05, 3.63) is 59.1 Å². The van der Waals surface area contributed by atoms with E-state index in [0.29, 0.717) is 11.4 Å². The molecule has 7 heteroatoms. The molecule has 0 saturated carbocycles. The minimum absolute atomic E-state index is 0.136. The Hall–Kier alpha value is -1.89. The number of rotatable bonds is 7. The normalized spacial score (nSPS) is 11.5. The van der Waals surface area contributed by atoms with Gasteiger partial charge in [-0.2, -0.15) is 0 Å². The van der Waals surface area contributed by atoms with Crippen molar-refractivity contribution in [3.63, 3.8) is 0 Å². The number of carbonyl (C=O) groups excluding carboxylic acids is 1. The maximum absolute atomic E-state index is 12.4. The molecule has 0 spiro atoms. The molecule has 0 aliphatic rings. The van der Waals surface area contributed by atoms with Crippen LogP contribution in [0.15, 0.2) is 53.4 Å². The predicted molar refractivity (Wildman–Crippen MR) is 100 cm³/mol. The van der Waals surface area contributed by atoms with Crippen LogP contribution in [-0.2, 0) is 14.8 Å². The number of anilines is 1. The van der Waals surface area contributed by atoms with E-state index in [1.807, 2.05) is 31.2 Å². The summed E-state index contributed by atoms with van der Waals surface area (Å²) in [5.74, 6) is -0.136. The third-order valence-corrected chi connectivity index (χ3v) is 5.82. The van der Waals surface area contributed by atoms with Crippen LogP contribution in [0.3, 0.4) is 0 Å². The van der Waals surface area contributed by atoms with Crippen LogP contribution in [0.4, 0.5) is 5.69 Å². The molecule has 0 aliphatic carbocycles. The zero-order chi connectivity index (χ0) is 18.4. The minimum atomic E-state index is -3.58. The van der Waals surface area contributed by atoms with Crippen molar-refractivity contribution >= 4 is 33.2 Å². The van der Waals surface area contributed by atoms with E-state index in [0.717, 1.165) is 11.3 Å². The second kappa shape index (κ2) is 8.47. The number of sulfonamides is 1. The van der Waals surface area contributed by atoms with Crippen LogP contribution in [0.25, 0.3) is 0 Å².